The van der Waals surface area contributed by atoms with Gasteiger partial charge in [-0.25, -0.2) is 0 Å². The summed E-state index contributed by atoms with van der Waals surface area (Å²) in [6.45, 7) is 6.52. The van der Waals surface area contributed by atoms with E-state index in [-0.39, 0.29) is 16.6 Å². The van der Waals surface area contributed by atoms with Crippen LogP contribution in [0.25, 0.3) is 5.57 Å². The minimum absolute atomic E-state index is 0.0326. The van der Waals surface area contributed by atoms with Crippen LogP contribution < -0.4 is 0 Å². The molecule has 0 aliphatic heterocycles. The summed E-state index contributed by atoms with van der Waals surface area (Å²) in [5.41, 5.74) is 3.33. The summed E-state index contributed by atoms with van der Waals surface area (Å²) in [5.74, 6) is 0.592. The van der Waals surface area contributed by atoms with Gasteiger partial charge in [0.2, 0.25) is 0 Å². The van der Waals surface area contributed by atoms with E-state index in [0.717, 1.165) is 48.6 Å². The van der Waals surface area contributed by atoms with Crippen molar-refractivity contribution in [3.8, 4) is 5.75 Å². The van der Waals surface area contributed by atoms with Crippen LogP contribution in [0.2, 0.25) is 0 Å². The van der Waals surface area contributed by atoms with E-state index in [0.29, 0.717) is 5.75 Å². The molecule has 1 unspecified atom stereocenters. The lowest BCUT2D eigenvalue weighted by molar-refractivity contribution is -0.127. The number of phenols is 1. The molecule has 2 aliphatic carbocycles. The Bertz CT molecular complexity index is 700. The Kier molecular flexibility index (Phi) is 4.67. The van der Waals surface area contributed by atoms with Gasteiger partial charge in [0, 0.05) is 10.8 Å². The third-order valence-electron chi connectivity index (χ3n) is 6.36. The van der Waals surface area contributed by atoms with Crippen LogP contribution in [0.4, 0.5) is 0 Å². The fourth-order valence-electron chi connectivity index (χ4n) is 4.92. The highest BCUT2D eigenvalue weighted by Crippen LogP contribution is 2.62. The molecule has 0 saturated carbocycles. The molecule has 24 heavy (non-hydrogen) atoms. The number of benzene rings is 1. The Morgan fingerprint density at radius 3 is 2.54 bits per heavy atom. The zero-order valence-electron chi connectivity index (χ0n) is 14.9. The largest absolute Gasteiger partial charge is 0.508 e. The Labute approximate surface area is 153 Å². The fourth-order valence-corrected chi connectivity index (χ4v) is 5.98. The van der Waals surface area contributed by atoms with Gasteiger partial charge < -0.3 is 5.11 Å². The molecule has 130 valence electrons. The first-order valence-electron chi connectivity index (χ1n) is 9.20. The molecule has 2 aliphatic rings. The summed E-state index contributed by atoms with van der Waals surface area (Å²) in [6.07, 6.45) is 7.09. The second-order valence-corrected chi connectivity index (χ2v) is 8.38. The van der Waals surface area contributed by atoms with E-state index in [1.807, 2.05) is 12.1 Å². The van der Waals surface area contributed by atoms with Gasteiger partial charge in [-0.2, -0.15) is 0 Å². The van der Waals surface area contributed by atoms with Gasteiger partial charge in [0.1, 0.15) is 5.75 Å². The molecule has 0 bridgehead atoms. The van der Waals surface area contributed by atoms with Crippen molar-refractivity contribution in [1.82, 2.24) is 0 Å². The van der Waals surface area contributed by atoms with Crippen LogP contribution >= 0.6 is 15.9 Å². The predicted octanol–water partition coefficient (Wildman–Crippen LogP) is 6.01. The van der Waals surface area contributed by atoms with Crippen LogP contribution in [0, 0.1) is 10.8 Å². The maximum absolute atomic E-state index is 13.2. The lowest BCUT2D eigenvalue weighted by Crippen LogP contribution is -2.42. The van der Waals surface area contributed by atoms with Gasteiger partial charge in [-0.1, -0.05) is 39.7 Å². The highest BCUT2D eigenvalue weighted by atomic mass is 79.9. The smallest absolute Gasteiger partial charge is 0.176 e. The quantitative estimate of drug-likeness (QED) is 0.667. The van der Waals surface area contributed by atoms with Crippen LogP contribution in [0.1, 0.15) is 70.4 Å². The maximum Gasteiger partial charge on any atom is 0.176 e. The average molecular weight is 391 g/mol. The molecule has 2 nitrogen and oxygen atoms in total. The summed E-state index contributed by atoms with van der Waals surface area (Å²) < 4.78 is 0.790. The van der Waals surface area contributed by atoms with Crippen molar-refractivity contribution in [2.24, 2.45) is 10.8 Å². The van der Waals surface area contributed by atoms with E-state index in [1.54, 1.807) is 6.07 Å². The van der Waals surface area contributed by atoms with Gasteiger partial charge in [-0.3, -0.25) is 4.79 Å². The number of halogens is 1. The summed E-state index contributed by atoms with van der Waals surface area (Å²) in [7, 11) is 0. The molecule has 1 atom stereocenters. The molecule has 3 heteroatoms. The van der Waals surface area contributed by atoms with E-state index in [4.69, 9.17) is 0 Å². The lowest BCUT2D eigenvalue weighted by atomic mass is 9.58. The Balaban J connectivity index is 2.20. The predicted molar refractivity (Wildman–Crippen MR) is 102 cm³/mol. The normalized spacial score (nSPS) is 24.9. The Hall–Kier alpha value is -1.09. The molecule has 0 amide bonds. The number of allylic oxidation sites excluding steroid dienone is 2. The molecule has 3 rings (SSSR count). The highest BCUT2D eigenvalue weighted by Gasteiger charge is 2.54. The number of hydrogen-bond acceptors (Lipinski definition) is 2. The summed E-state index contributed by atoms with van der Waals surface area (Å²) in [6, 6.07) is 5.62. The van der Waals surface area contributed by atoms with Gasteiger partial charge in [-0.05, 0) is 76.9 Å². The SMILES string of the molecule is CCCCC12Cc3cc(O)ccc3C1=C(Br)C(=O)C(CC)(CC)C2. The van der Waals surface area contributed by atoms with Gasteiger partial charge >= 0.3 is 0 Å². The fraction of sp³-hybridized carbons (Fsp3) is 0.571. The number of ketones is 1. The first kappa shape index (κ1) is 17.7. The molecule has 1 aromatic carbocycles. The van der Waals surface area contributed by atoms with Crippen molar-refractivity contribution >= 4 is 27.3 Å². The number of aromatic hydroxyl groups is 1. The number of hydrogen-bond donors (Lipinski definition) is 1. The van der Waals surface area contributed by atoms with E-state index in [9.17, 15) is 9.90 Å². The Morgan fingerprint density at radius 2 is 1.92 bits per heavy atom. The molecule has 0 spiro atoms. The second-order valence-electron chi connectivity index (χ2n) is 7.58. The van der Waals surface area contributed by atoms with Crippen LogP contribution in [-0.4, -0.2) is 10.9 Å². The minimum atomic E-state index is -0.250. The van der Waals surface area contributed by atoms with Crippen molar-refractivity contribution < 1.29 is 9.90 Å². The summed E-state index contributed by atoms with van der Waals surface area (Å²) >= 11 is 3.70. The number of fused-ring (bicyclic) bond motifs is 3. The van der Waals surface area contributed by atoms with Crippen molar-refractivity contribution in [3.05, 3.63) is 33.8 Å². The van der Waals surface area contributed by atoms with Crippen molar-refractivity contribution in [3.63, 3.8) is 0 Å². The monoisotopic (exact) mass is 390 g/mol. The number of carbonyl (C=O) groups excluding carboxylic acids is 1. The number of rotatable bonds is 5. The van der Waals surface area contributed by atoms with Crippen molar-refractivity contribution in [1.29, 1.82) is 0 Å². The van der Waals surface area contributed by atoms with Gasteiger partial charge in [0.05, 0.1) is 4.48 Å². The number of Topliss-reactive ketones (excluding diaryl/α,β-unsaturated/α-hetero) is 1. The topological polar surface area (TPSA) is 37.3 Å². The lowest BCUT2D eigenvalue weighted by Gasteiger charge is -2.45. The second kappa shape index (κ2) is 6.33. The zero-order chi connectivity index (χ0) is 17.5. The van der Waals surface area contributed by atoms with Crippen LogP contribution in [0.5, 0.6) is 5.75 Å². The van der Waals surface area contributed by atoms with E-state index in [1.165, 1.54) is 17.6 Å². The average Bonchev–Trinajstić information content (AvgIpc) is 2.89. The molecule has 0 heterocycles. The van der Waals surface area contributed by atoms with Crippen LogP contribution in [-0.2, 0) is 11.2 Å². The molecule has 1 aromatic rings. The molecule has 0 radical (unpaired) electrons. The van der Waals surface area contributed by atoms with Crippen LogP contribution in [0.3, 0.4) is 0 Å². The summed E-state index contributed by atoms with van der Waals surface area (Å²) in [4.78, 5) is 13.2. The van der Waals surface area contributed by atoms with E-state index >= 15 is 0 Å². The third-order valence-corrected chi connectivity index (χ3v) is 7.11. The molecule has 0 fully saturated rings. The van der Waals surface area contributed by atoms with Gasteiger partial charge in [-0.15, -0.1) is 0 Å². The molecular weight excluding hydrogens is 364 g/mol. The first-order chi connectivity index (χ1) is 11.4. The minimum Gasteiger partial charge on any atom is -0.508 e. The van der Waals surface area contributed by atoms with Crippen LogP contribution in [0.15, 0.2) is 22.7 Å². The summed E-state index contributed by atoms with van der Waals surface area (Å²) in [5, 5.41) is 9.91. The third kappa shape index (κ3) is 2.47. The molecule has 0 aromatic heterocycles. The highest BCUT2D eigenvalue weighted by molar-refractivity contribution is 9.12. The molecular formula is C21H27BrO2. The van der Waals surface area contributed by atoms with E-state index < -0.39 is 0 Å². The molecule has 0 saturated heterocycles. The maximum atomic E-state index is 13.2. The molecule has 1 N–H and O–H groups in total. The zero-order valence-corrected chi connectivity index (χ0v) is 16.5. The number of phenolic OH excluding ortho intramolecular Hbond substituents is 1. The Morgan fingerprint density at radius 1 is 1.21 bits per heavy atom. The van der Waals surface area contributed by atoms with Crippen molar-refractivity contribution in [2.75, 3.05) is 0 Å². The van der Waals surface area contributed by atoms with E-state index in [2.05, 4.69) is 36.7 Å². The first-order valence-corrected chi connectivity index (χ1v) is 9.99. The number of unbranched alkanes of at least 4 members (excludes halogenated alkanes) is 1. The standard InChI is InChI=1S/C21H27BrO2/c1-4-7-10-21-12-14-11-15(23)8-9-16(14)17(21)18(22)19(24)20(5-2,6-3)13-21/h8-9,11,23H,4-7,10,12-13H2,1-3H3. The van der Waals surface area contributed by atoms with Gasteiger partial charge in [0.15, 0.2) is 5.78 Å². The number of carbonyl (C=O) groups is 1. The van der Waals surface area contributed by atoms with Crippen molar-refractivity contribution in [2.45, 2.75) is 65.7 Å². The van der Waals surface area contributed by atoms with Gasteiger partial charge in [0.25, 0.3) is 0 Å².